The predicted molar refractivity (Wildman–Crippen MR) is 197 cm³/mol. The van der Waals surface area contributed by atoms with Gasteiger partial charge in [0.1, 0.15) is 0 Å². The molecule has 0 bridgehead atoms. The molecule has 0 N–H and O–H groups in total. The fraction of sp³-hybridized carbons (Fsp3) is 0.0698. The van der Waals surface area contributed by atoms with Crippen LogP contribution in [0.2, 0.25) is 0 Å². The van der Waals surface area contributed by atoms with Gasteiger partial charge in [-0.1, -0.05) is 109 Å². The number of benzene rings is 6. The number of aromatic nitrogens is 1. The molecular weight excluding hydrogens is 577 g/mol. The molecule has 3 heterocycles. The van der Waals surface area contributed by atoms with Crippen LogP contribution in [0.5, 0.6) is 0 Å². The van der Waals surface area contributed by atoms with Crippen LogP contribution in [0.1, 0.15) is 24.0 Å². The summed E-state index contributed by atoms with van der Waals surface area (Å²) >= 11 is 1.89. The topological polar surface area (TPSA) is 8.17 Å². The Balaban J connectivity index is 1.14. The first-order valence-electron chi connectivity index (χ1n) is 16.0. The van der Waals surface area contributed by atoms with Crippen LogP contribution >= 0.6 is 11.3 Å². The van der Waals surface area contributed by atoms with Gasteiger partial charge in [-0.15, -0.1) is 11.3 Å². The maximum atomic E-state index is 2.52. The molecule has 1 aliphatic carbocycles. The number of anilines is 2. The van der Waals surface area contributed by atoms with Gasteiger partial charge in [-0.2, -0.15) is 0 Å². The van der Waals surface area contributed by atoms with Gasteiger partial charge < -0.3 is 9.47 Å². The van der Waals surface area contributed by atoms with E-state index in [9.17, 15) is 0 Å². The van der Waals surface area contributed by atoms with E-state index in [0.29, 0.717) is 0 Å². The molecule has 1 aliphatic heterocycles. The summed E-state index contributed by atoms with van der Waals surface area (Å²) in [6, 6.07) is 51.2. The van der Waals surface area contributed by atoms with Crippen molar-refractivity contribution in [2.24, 2.45) is 0 Å². The number of rotatable bonds is 3. The Morgan fingerprint density at radius 3 is 2.24 bits per heavy atom. The summed E-state index contributed by atoms with van der Waals surface area (Å²) in [5.74, 6) is 0.242. The van der Waals surface area contributed by atoms with Crippen molar-refractivity contribution in [1.82, 2.24) is 4.57 Å². The Kier molecular flexibility index (Phi) is 5.38. The van der Waals surface area contributed by atoms with Crippen molar-refractivity contribution < 1.29 is 0 Å². The van der Waals surface area contributed by atoms with Gasteiger partial charge in [-0.25, -0.2) is 0 Å². The van der Waals surface area contributed by atoms with E-state index >= 15 is 0 Å². The van der Waals surface area contributed by atoms with Gasteiger partial charge >= 0.3 is 0 Å². The van der Waals surface area contributed by atoms with Crippen molar-refractivity contribution in [3.63, 3.8) is 0 Å². The second-order valence-corrected chi connectivity index (χ2v) is 13.8. The van der Waals surface area contributed by atoms with Crippen LogP contribution < -0.4 is 4.90 Å². The Morgan fingerprint density at radius 2 is 1.33 bits per heavy atom. The molecule has 0 amide bonds. The van der Waals surface area contributed by atoms with E-state index in [2.05, 4.69) is 174 Å². The average molecular weight is 607 g/mol. The summed E-state index contributed by atoms with van der Waals surface area (Å²) in [5.41, 5.74) is 9.96. The van der Waals surface area contributed by atoms with Crippen molar-refractivity contribution in [2.75, 3.05) is 4.90 Å². The van der Waals surface area contributed by atoms with Crippen LogP contribution in [0.15, 0.2) is 158 Å². The maximum absolute atomic E-state index is 2.52. The molecule has 2 unspecified atom stereocenters. The molecule has 0 spiro atoms. The fourth-order valence-corrected chi connectivity index (χ4v) is 9.31. The first-order valence-corrected chi connectivity index (χ1v) is 16.8. The monoisotopic (exact) mass is 606 g/mol. The molecule has 0 fully saturated rings. The summed E-state index contributed by atoms with van der Waals surface area (Å²) < 4.78 is 5.13. The van der Waals surface area contributed by atoms with Crippen LogP contribution in [-0.4, -0.2) is 10.1 Å². The minimum atomic E-state index is -0.183. The minimum absolute atomic E-state index is 0.183. The Labute approximate surface area is 271 Å². The van der Waals surface area contributed by atoms with E-state index in [1.807, 2.05) is 11.3 Å². The van der Waals surface area contributed by atoms with E-state index < -0.39 is 0 Å². The van der Waals surface area contributed by atoms with E-state index in [1.54, 1.807) is 0 Å². The molecule has 8 aromatic rings. The predicted octanol–water partition coefficient (Wildman–Crippen LogP) is 11.8. The molecule has 0 radical (unpaired) electrons. The molecule has 3 heteroatoms. The first-order chi connectivity index (χ1) is 22.7. The van der Waals surface area contributed by atoms with Gasteiger partial charge in [0, 0.05) is 43.5 Å². The molecule has 2 atom stereocenters. The SMILES string of the molecule is CC12C=CC(c3ccc4c(c3)c3ccccc3n4-c3cccc4c3sc3ccccc34)=CC1c1ccccc1N2c1ccccc1. The van der Waals surface area contributed by atoms with Crippen molar-refractivity contribution in [3.05, 3.63) is 169 Å². The zero-order chi connectivity index (χ0) is 30.4. The standard InChI is InChI=1S/C43H30N2S/c1-43-25-24-29(27-36(43)34-16-6-9-19-39(34)45(43)30-12-3-2-4-13-30)28-22-23-38-35(26-28)31-14-5-8-18-37(31)44(38)40-20-11-17-33-32-15-7-10-21-41(32)46-42(33)40/h2-27,36H,1H3. The largest absolute Gasteiger partial charge is 0.331 e. The van der Waals surface area contributed by atoms with Crippen LogP contribution in [0.3, 0.4) is 0 Å². The highest BCUT2D eigenvalue weighted by molar-refractivity contribution is 7.26. The third-order valence-corrected chi connectivity index (χ3v) is 11.4. The molecule has 46 heavy (non-hydrogen) atoms. The van der Waals surface area contributed by atoms with Crippen molar-refractivity contribution in [3.8, 4) is 5.69 Å². The van der Waals surface area contributed by atoms with Crippen LogP contribution in [0, 0.1) is 0 Å². The van der Waals surface area contributed by atoms with Gasteiger partial charge in [0.05, 0.1) is 27.0 Å². The van der Waals surface area contributed by atoms with Crippen molar-refractivity contribution in [1.29, 1.82) is 0 Å². The highest BCUT2D eigenvalue weighted by Gasteiger charge is 2.47. The third-order valence-electron chi connectivity index (χ3n) is 10.2. The lowest BCUT2D eigenvalue weighted by molar-refractivity contribution is 0.544. The molecule has 2 aliphatic rings. The average Bonchev–Trinajstić information content (AvgIpc) is 3.73. The van der Waals surface area contributed by atoms with Crippen LogP contribution in [0.25, 0.3) is 53.2 Å². The lowest BCUT2D eigenvalue weighted by atomic mass is 9.77. The second kappa shape index (κ2) is 9.56. The number of para-hydroxylation sites is 3. The zero-order valence-corrected chi connectivity index (χ0v) is 26.2. The second-order valence-electron chi connectivity index (χ2n) is 12.7. The van der Waals surface area contributed by atoms with Crippen LogP contribution in [-0.2, 0) is 0 Å². The smallest absolute Gasteiger partial charge is 0.0712 e. The third kappa shape index (κ3) is 3.52. The van der Waals surface area contributed by atoms with E-state index in [1.165, 1.54) is 75.7 Å². The molecular formula is C43H30N2S. The first kappa shape index (κ1) is 25.9. The summed E-state index contributed by atoms with van der Waals surface area (Å²) in [5, 5.41) is 5.22. The quantitative estimate of drug-likeness (QED) is 0.194. The molecule has 6 aromatic carbocycles. The lowest BCUT2D eigenvalue weighted by Crippen LogP contribution is -2.42. The fourth-order valence-electron chi connectivity index (χ4n) is 8.11. The Hall–Kier alpha value is -5.38. The Morgan fingerprint density at radius 1 is 0.609 bits per heavy atom. The number of allylic oxidation sites excluding steroid dienone is 2. The molecule has 0 saturated carbocycles. The normalized spacial score (nSPS) is 18.8. The Bertz CT molecular complexity index is 2570. The van der Waals surface area contributed by atoms with Gasteiger partial charge in [-0.3, -0.25) is 0 Å². The molecule has 2 nitrogen and oxygen atoms in total. The van der Waals surface area contributed by atoms with Gasteiger partial charge in [0.15, 0.2) is 0 Å². The van der Waals surface area contributed by atoms with Gasteiger partial charge in [0.2, 0.25) is 0 Å². The van der Waals surface area contributed by atoms with Gasteiger partial charge in [-0.05, 0) is 72.2 Å². The number of fused-ring (bicyclic) bond motifs is 9. The van der Waals surface area contributed by atoms with Crippen LogP contribution in [0.4, 0.5) is 11.4 Å². The van der Waals surface area contributed by atoms with E-state index in [0.717, 1.165) is 0 Å². The zero-order valence-electron chi connectivity index (χ0n) is 25.4. The number of hydrogen-bond acceptors (Lipinski definition) is 2. The van der Waals surface area contributed by atoms with Crippen molar-refractivity contribution in [2.45, 2.75) is 18.4 Å². The highest BCUT2D eigenvalue weighted by Crippen LogP contribution is 2.55. The maximum Gasteiger partial charge on any atom is 0.0712 e. The number of thiophene rings is 1. The highest BCUT2D eigenvalue weighted by atomic mass is 32.1. The minimum Gasteiger partial charge on any atom is -0.331 e. The molecule has 0 saturated heterocycles. The molecule has 2 aromatic heterocycles. The number of hydrogen-bond donors (Lipinski definition) is 0. The van der Waals surface area contributed by atoms with E-state index in [-0.39, 0.29) is 11.5 Å². The van der Waals surface area contributed by atoms with Gasteiger partial charge in [0.25, 0.3) is 0 Å². The summed E-state index contributed by atoms with van der Waals surface area (Å²) in [4.78, 5) is 2.52. The number of nitrogens with zero attached hydrogens (tertiary/aromatic N) is 2. The summed E-state index contributed by atoms with van der Waals surface area (Å²) in [6.45, 7) is 2.37. The molecule has 218 valence electrons. The van der Waals surface area contributed by atoms with E-state index in [4.69, 9.17) is 0 Å². The van der Waals surface area contributed by atoms with Crippen molar-refractivity contribution >= 4 is 70.3 Å². The molecule has 10 rings (SSSR count). The summed E-state index contributed by atoms with van der Waals surface area (Å²) in [7, 11) is 0. The lowest BCUT2D eigenvalue weighted by Gasteiger charge is -2.40. The summed E-state index contributed by atoms with van der Waals surface area (Å²) in [6.07, 6.45) is 7.27.